The second-order valence-electron chi connectivity index (χ2n) is 7.67. The lowest BCUT2D eigenvalue weighted by molar-refractivity contribution is 0.00578. The molecule has 2 aliphatic rings. The van der Waals surface area contributed by atoms with Crippen LogP contribution in [0.25, 0.3) is 0 Å². The van der Waals surface area contributed by atoms with Crippen molar-refractivity contribution in [3.8, 4) is 0 Å². The maximum atomic E-state index is 11.7. The van der Waals surface area contributed by atoms with E-state index in [9.17, 15) is 8.42 Å². The molecule has 2 fully saturated rings. The predicted octanol–water partition coefficient (Wildman–Crippen LogP) is 0.462. The minimum Gasteiger partial charge on any atom is -0.399 e. The number of nitrogens with zero attached hydrogens (tertiary/aromatic N) is 3. The average molecular weight is 367 g/mol. The minimum absolute atomic E-state index is 0.417. The summed E-state index contributed by atoms with van der Waals surface area (Å²) in [5.74, 6) is 0. The molecule has 0 spiro atoms. The van der Waals surface area contributed by atoms with Crippen molar-refractivity contribution in [2.24, 2.45) is 0 Å². The molecule has 0 atom stereocenters. The van der Waals surface area contributed by atoms with Gasteiger partial charge in [-0.25, -0.2) is 8.42 Å². The summed E-state index contributed by atoms with van der Waals surface area (Å²) in [6.07, 6.45) is 4.78. The van der Waals surface area contributed by atoms with Gasteiger partial charge in [-0.1, -0.05) is 0 Å². The summed E-state index contributed by atoms with van der Waals surface area (Å²) < 4.78 is 37.2. The molecular formula is C16H26BN3O4S. The van der Waals surface area contributed by atoms with Gasteiger partial charge in [0.05, 0.1) is 17.5 Å². The van der Waals surface area contributed by atoms with Gasteiger partial charge in [0.1, 0.15) is 0 Å². The van der Waals surface area contributed by atoms with Crippen LogP contribution in [0.2, 0.25) is 0 Å². The first-order valence-corrected chi connectivity index (χ1v) is 10.4. The Morgan fingerprint density at radius 3 is 2.16 bits per heavy atom. The molecule has 0 radical (unpaired) electrons. The lowest BCUT2D eigenvalue weighted by atomic mass is 9.78. The third-order valence-corrected chi connectivity index (χ3v) is 6.69. The molecule has 0 aliphatic carbocycles. The van der Waals surface area contributed by atoms with Gasteiger partial charge in [-0.05, 0) is 33.8 Å². The molecule has 2 saturated heterocycles. The van der Waals surface area contributed by atoms with Crippen molar-refractivity contribution < 1.29 is 17.7 Å². The number of sulfonamides is 1. The zero-order valence-electron chi connectivity index (χ0n) is 15.5. The molecule has 1 aromatic rings. The van der Waals surface area contributed by atoms with Gasteiger partial charge in [-0.15, -0.1) is 0 Å². The number of pyridine rings is 1. The molecule has 1 aromatic heterocycles. The van der Waals surface area contributed by atoms with E-state index in [1.165, 1.54) is 10.6 Å². The van der Waals surface area contributed by atoms with E-state index in [2.05, 4.69) is 9.88 Å². The van der Waals surface area contributed by atoms with Crippen molar-refractivity contribution in [1.29, 1.82) is 0 Å². The first-order chi connectivity index (χ1) is 11.5. The summed E-state index contributed by atoms with van der Waals surface area (Å²) in [5.41, 5.74) is 1.04. The fourth-order valence-corrected chi connectivity index (χ4v) is 3.93. The highest BCUT2D eigenvalue weighted by Crippen LogP contribution is 2.37. The molecule has 3 rings (SSSR count). The molecule has 0 unspecified atom stereocenters. The second-order valence-corrected chi connectivity index (χ2v) is 9.65. The van der Waals surface area contributed by atoms with E-state index in [4.69, 9.17) is 9.31 Å². The van der Waals surface area contributed by atoms with E-state index in [0.717, 1.165) is 11.2 Å². The molecule has 7 nitrogen and oxygen atoms in total. The third-order valence-electron chi connectivity index (χ3n) is 5.38. The molecule has 138 valence electrons. The fourth-order valence-electron chi connectivity index (χ4n) is 3.10. The van der Waals surface area contributed by atoms with Gasteiger partial charge in [-0.3, -0.25) is 4.98 Å². The molecule has 0 amide bonds. The van der Waals surface area contributed by atoms with Gasteiger partial charge >= 0.3 is 7.12 Å². The van der Waals surface area contributed by atoms with E-state index in [-0.39, 0.29) is 0 Å². The lowest BCUT2D eigenvalue weighted by Crippen LogP contribution is -2.50. The number of hydrogen-bond donors (Lipinski definition) is 0. The average Bonchev–Trinajstić information content (AvgIpc) is 2.75. The molecule has 3 heterocycles. The van der Waals surface area contributed by atoms with E-state index in [1.54, 1.807) is 12.4 Å². The molecule has 9 heteroatoms. The van der Waals surface area contributed by atoms with E-state index in [1.807, 2.05) is 33.8 Å². The van der Waals surface area contributed by atoms with Crippen LogP contribution in [-0.2, 0) is 19.3 Å². The summed E-state index contributed by atoms with van der Waals surface area (Å²) in [6, 6.07) is 1.94. The number of rotatable bonds is 3. The summed E-state index contributed by atoms with van der Waals surface area (Å²) in [6.45, 7) is 10.3. The van der Waals surface area contributed by atoms with Crippen molar-refractivity contribution in [3.63, 3.8) is 0 Å². The monoisotopic (exact) mass is 367 g/mol. The highest BCUT2D eigenvalue weighted by atomic mass is 32.2. The summed E-state index contributed by atoms with van der Waals surface area (Å²) in [5, 5.41) is 0. The Kier molecular flexibility index (Phi) is 4.64. The smallest absolute Gasteiger partial charge is 0.399 e. The van der Waals surface area contributed by atoms with Gasteiger partial charge in [0.15, 0.2) is 0 Å². The fraction of sp³-hybridized carbons (Fsp3) is 0.688. The van der Waals surface area contributed by atoms with Gasteiger partial charge in [0.25, 0.3) is 0 Å². The Hall–Kier alpha value is -1.16. The molecule has 0 N–H and O–H groups in total. The van der Waals surface area contributed by atoms with E-state index in [0.29, 0.717) is 26.2 Å². The van der Waals surface area contributed by atoms with Crippen LogP contribution >= 0.6 is 0 Å². The largest absolute Gasteiger partial charge is 0.498 e. The van der Waals surface area contributed by atoms with E-state index >= 15 is 0 Å². The molecular weight excluding hydrogens is 341 g/mol. The topological polar surface area (TPSA) is 72.0 Å². The van der Waals surface area contributed by atoms with Crippen LogP contribution in [0.15, 0.2) is 18.5 Å². The first kappa shape index (κ1) is 18.6. The maximum Gasteiger partial charge on any atom is 0.498 e. The Labute approximate surface area is 150 Å². The second kappa shape index (κ2) is 6.23. The van der Waals surface area contributed by atoms with E-state index < -0.39 is 28.3 Å². The van der Waals surface area contributed by atoms with Crippen LogP contribution in [0.5, 0.6) is 0 Å². The van der Waals surface area contributed by atoms with Gasteiger partial charge in [0, 0.05) is 49.7 Å². The van der Waals surface area contributed by atoms with Gasteiger partial charge in [0.2, 0.25) is 10.0 Å². The Balaban J connectivity index is 1.82. The maximum absolute atomic E-state index is 11.7. The first-order valence-electron chi connectivity index (χ1n) is 8.51. The van der Waals surface area contributed by atoms with Crippen LogP contribution in [0.3, 0.4) is 0 Å². The van der Waals surface area contributed by atoms with Crippen molar-refractivity contribution in [3.05, 3.63) is 18.5 Å². The van der Waals surface area contributed by atoms with Crippen molar-refractivity contribution >= 4 is 28.3 Å². The van der Waals surface area contributed by atoms with Crippen molar-refractivity contribution in [2.75, 3.05) is 37.3 Å². The third kappa shape index (κ3) is 3.55. The molecule has 25 heavy (non-hydrogen) atoms. The van der Waals surface area contributed by atoms with Crippen LogP contribution in [0.4, 0.5) is 5.69 Å². The number of piperazine rings is 1. The predicted molar refractivity (Wildman–Crippen MR) is 98.6 cm³/mol. The molecule has 0 bridgehead atoms. The number of hydrogen-bond acceptors (Lipinski definition) is 6. The summed E-state index contributed by atoms with van der Waals surface area (Å²) in [7, 11) is -3.63. The Morgan fingerprint density at radius 1 is 1.08 bits per heavy atom. The number of aromatic nitrogens is 1. The SMILES string of the molecule is CC1(C)OB(c2cnccc2N2CCN(S(C)(=O)=O)CC2)OC1(C)C. The number of anilines is 1. The van der Waals surface area contributed by atoms with Gasteiger partial charge in [-0.2, -0.15) is 4.31 Å². The van der Waals surface area contributed by atoms with Crippen molar-refractivity contribution in [2.45, 2.75) is 38.9 Å². The quantitative estimate of drug-likeness (QED) is 0.723. The van der Waals surface area contributed by atoms with Crippen LogP contribution in [0.1, 0.15) is 27.7 Å². The normalized spacial score (nSPS) is 23.9. The van der Waals surface area contributed by atoms with Gasteiger partial charge < -0.3 is 14.2 Å². The van der Waals surface area contributed by atoms with Crippen molar-refractivity contribution in [1.82, 2.24) is 9.29 Å². The Morgan fingerprint density at radius 2 is 1.64 bits per heavy atom. The molecule has 0 saturated carbocycles. The molecule has 2 aliphatic heterocycles. The highest BCUT2D eigenvalue weighted by Gasteiger charge is 2.52. The Bertz CT molecular complexity index is 730. The summed E-state index contributed by atoms with van der Waals surface area (Å²) >= 11 is 0. The molecule has 0 aromatic carbocycles. The van der Waals surface area contributed by atoms with Crippen LogP contribution in [-0.4, -0.2) is 68.5 Å². The zero-order chi connectivity index (χ0) is 18.5. The minimum atomic E-state index is -3.14. The van der Waals surface area contributed by atoms with Crippen LogP contribution < -0.4 is 10.4 Å². The standard InChI is InChI=1S/C16H26BN3O4S/c1-15(2)16(3,4)24-17(23-15)13-12-18-7-6-14(13)19-8-10-20(11-9-19)25(5,21)22/h6-7,12H,8-11H2,1-5H3. The highest BCUT2D eigenvalue weighted by molar-refractivity contribution is 7.88. The zero-order valence-corrected chi connectivity index (χ0v) is 16.3. The summed E-state index contributed by atoms with van der Waals surface area (Å²) in [4.78, 5) is 6.41. The van der Waals surface area contributed by atoms with Crippen LogP contribution in [0, 0.1) is 0 Å². The lowest BCUT2D eigenvalue weighted by Gasteiger charge is -2.35.